The second kappa shape index (κ2) is 6.02. The van der Waals surface area contributed by atoms with Gasteiger partial charge in [0.25, 0.3) is 5.69 Å². The van der Waals surface area contributed by atoms with Gasteiger partial charge in [-0.15, -0.1) is 0 Å². The zero-order valence-corrected chi connectivity index (χ0v) is 12.3. The van der Waals surface area contributed by atoms with Crippen molar-refractivity contribution in [2.24, 2.45) is 5.92 Å². The number of nitrogens with two attached hydrogens (primary N) is 1. The summed E-state index contributed by atoms with van der Waals surface area (Å²) < 4.78 is 0. The molecule has 0 amide bonds. The third kappa shape index (κ3) is 2.88. The molecule has 2 fully saturated rings. The van der Waals surface area contributed by atoms with Crippen LogP contribution in [0.2, 0.25) is 0 Å². The molecule has 5 heteroatoms. The Bertz CT molecular complexity index is 530. The van der Waals surface area contributed by atoms with Crippen LogP contribution in [0.4, 0.5) is 11.4 Å². The molecule has 114 valence electrons. The molecule has 0 spiro atoms. The van der Waals surface area contributed by atoms with E-state index in [0.29, 0.717) is 11.7 Å². The Morgan fingerprint density at radius 1 is 1.24 bits per heavy atom. The highest BCUT2D eigenvalue weighted by Crippen LogP contribution is 2.37. The molecule has 1 aromatic rings. The molecule has 0 bridgehead atoms. The first-order chi connectivity index (χ1) is 10.2. The van der Waals surface area contributed by atoms with Gasteiger partial charge in [0.15, 0.2) is 0 Å². The van der Waals surface area contributed by atoms with Gasteiger partial charge in [0.05, 0.1) is 4.92 Å². The van der Waals surface area contributed by atoms with Crippen molar-refractivity contribution in [3.05, 3.63) is 33.9 Å². The Hall–Kier alpha value is -1.62. The van der Waals surface area contributed by atoms with Gasteiger partial charge >= 0.3 is 0 Å². The number of rotatable bonds is 3. The number of nitrogens with zero attached hydrogens (tertiary/aromatic N) is 2. The second-order valence-corrected chi connectivity index (χ2v) is 6.33. The lowest BCUT2D eigenvalue weighted by Crippen LogP contribution is -2.46. The van der Waals surface area contributed by atoms with Crippen LogP contribution in [0.3, 0.4) is 0 Å². The zero-order chi connectivity index (χ0) is 14.8. The predicted octanol–water partition coefficient (Wildman–Crippen LogP) is 3.33. The van der Waals surface area contributed by atoms with E-state index in [-0.39, 0.29) is 5.69 Å². The summed E-state index contributed by atoms with van der Waals surface area (Å²) in [6.07, 6.45) is 7.84. The first kappa shape index (κ1) is 14.3. The molecule has 2 atom stereocenters. The standard InChI is InChI=1S/C16H23N3O2/c17-16-13(6-3-9-15(16)19(20)21)11-18-10-4-7-12-5-1-2-8-14(12)18/h3,6,9,12,14H,1-2,4-5,7-8,10-11,17H2/t12-,14-/m1/s1. The molecule has 2 aliphatic rings. The van der Waals surface area contributed by atoms with E-state index < -0.39 is 4.92 Å². The Balaban J connectivity index is 1.79. The van der Waals surface area contributed by atoms with E-state index in [9.17, 15) is 10.1 Å². The van der Waals surface area contributed by atoms with Crippen molar-refractivity contribution in [3.8, 4) is 0 Å². The van der Waals surface area contributed by atoms with Crippen LogP contribution in [0.1, 0.15) is 44.1 Å². The number of hydrogen-bond donors (Lipinski definition) is 1. The van der Waals surface area contributed by atoms with Crippen LogP contribution in [-0.2, 0) is 6.54 Å². The summed E-state index contributed by atoms with van der Waals surface area (Å²) in [5.74, 6) is 0.812. The molecule has 0 radical (unpaired) electrons. The first-order valence-electron chi connectivity index (χ1n) is 7.92. The Kier molecular flexibility index (Phi) is 4.10. The van der Waals surface area contributed by atoms with Crippen molar-refractivity contribution in [3.63, 3.8) is 0 Å². The lowest BCUT2D eigenvalue weighted by Gasteiger charge is -2.44. The molecule has 21 heavy (non-hydrogen) atoms. The van der Waals surface area contributed by atoms with Gasteiger partial charge in [-0.3, -0.25) is 15.0 Å². The topological polar surface area (TPSA) is 72.4 Å². The van der Waals surface area contributed by atoms with Crippen LogP contribution in [0.5, 0.6) is 0 Å². The number of likely N-dealkylation sites (tertiary alicyclic amines) is 1. The molecular formula is C16H23N3O2. The second-order valence-electron chi connectivity index (χ2n) is 6.33. The molecule has 2 N–H and O–H groups in total. The summed E-state index contributed by atoms with van der Waals surface area (Å²) in [7, 11) is 0. The van der Waals surface area contributed by atoms with E-state index >= 15 is 0 Å². The number of fused-ring (bicyclic) bond motifs is 1. The highest BCUT2D eigenvalue weighted by atomic mass is 16.6. The maximum Gasteiger partial charge on any atom is 0.292 e. The van der Waals surface area contributed by atoms with Crippen LogP contribution in [0.25, 0.3) is 0 Å². The molecule has 1 saturated heterocycles. The summed E-state index contributed by atoms with van der Waals surface area (Å²) in [6.45, 7) is 1.83. The van der Waals surface area contributed by atoms with E-state index in [2.05, 4.69) is 4.90 Å². The molecular weight excluding hydrogens is 266 g/mol. The smallest absolute Gasteiger partial charge is 0.292 e. The lowest BCUT2D eigenvalue weighted by atomic mass is 9.78. The van der Waals surface area contributed by atoms with Crippen LogP contribution in [0.15, 0.2) is 18.2 Å². The average Bonchev–Trinajstić information content (AvgIpc) is 2.49. The first-order valence-corrected chi connectivity index (χ1v) is 7.92. The van der Waals surface area contributed by atoms with Crippen molar-refractivity contribution in [2.75, 3.05) is 12.3 Å². The number of nitrogen functional groups attached to an aromatic ring is 1. The summed E-state index contributed by atoms with van der Waals surface area (Å²) in [6, 6.07) is 5.80. The van der Waals surface area contributed by atoms with Gasteiger partial charge in [0, 0.05) is 18.7 Å². The van der Waals surface area contributed by atoms with Crippen molar-refractivity contribution >= 4 is 11.4 Å². The minimum Gasteiger partial charge on any atom is -0.393 e. The number of nitro benzene ring substituents is 1. The summed E-state index contributed by atoms with van der Waals surface area (Å²) >= 11 is 0. The minimum atomic E-state index is -0.390. The van der Waals surface area contributed by atoms with Gasteiger partial charge in [-0.25, -0.2) is 0 Å². The fourth-order valence-corrected chi connectivity index (χ4v) is 4.04. The van der Waals surface area contributed by atoms with Crippen molar-refractivity contribution in [1.29, 1.82) is 0 Å². The van der Waals surface area contributed by atoms with Gasteiger partial charge < -0.3 is 5.73 Å². The normalized spacial score (nSPS) is 26.3. The maximum atomic E-state index is 11.0. The molecule has 1 saturated carbocycles. The molecule has 1 aromatic carbocycles. The minimum absolute atomic E-state index is 0.0321. The Morgan fingerprint density at radius 2 is 2.00 bits per heavy atom. The molecule has 3 rings (SSSR count). The van der Waals surface area contributed by atoms with E-state index in [1.165, 1.54) is 44.6 Å². The average molecular weight is 289 g/mol. The van der Waals surface area contributed by atoms with Crippen molar-refractivity contribution in [1.82, 2.24) is 4.90 Å². The van der Waals surface area contributed by atoms with Crippen molar-refractivity contribution in [2.45, 2.75) is 51.1 Å². The number of para-hydroxylation sites is 1. The quantitative estimate of drug-likeness (QED) is 0.526. The summed E-state index contributed by atoms with van der Waals surface area (Å²) in [4.78, 5) is 13.1. The van der Waals surface area contributed by atoms with Crippen LogP contribution in [0, 0.1) is 16.0 Å². The summed E-state index contributed by atoms with van der Waals surface area (Å²) in [5.41, 5.74) is 7.27. The maximum absolute atomic E-state index is 11.0. The van der Waals surface area contributed by atoms with Crippen LogP contribution < -0.4 is 5.73 Å². The molecule has 0 aromatic heterocycles. The van der Waals surface area contributed by atoms with Gasteiger partial charge in [-0.05, 0) is 43.7 Å². The fourth-order valence-electron chi connectivity index (χ4n) is 4.04. The van der Waals surface area contributed by atoms with E-state index in [4.69, 9.17) is 5.73 Å². The Labute approximate surface area is 125 Å². The molecule has 1 aliphatic carbocycles. The summed E-state index contributed by atoms with van der Waals surface area (Å²) in [5, 5.41) is 11.0. The lowest BCUT2D eigenvalue weighted by molar-refractivity contribution is -0.384. The van der Waals surface area contributed by atoms with Gasteiger partial charge in [-0.1, -0.05) is 25.0 Å². The number of piperidine rings is 1. The van der Waals surface area contributed by atoms with E-state index in [1.54, 1.807) is 6.07 Å². The fraction of sp³-hybridized carbons (Fsp3) is 0.625. The SMILES string of the molecule is Nc1c(CN2CCC[C@H]3CCCC[C@H]32)cccc1[N+](=O)[O-]. The van der Waals surface area contributed by atoms with Crippen molar-refractivity contribution < 1.29 is 4.92 Å². The predicted molar refractivity (Wildman–Crippen MR) is 82.9 cm³/mol. The number of benzene rings is 1. The number of anilines is 1. The third-order valence-electron chi connectivity index (χ3n) is 5.10. The largest absolute Gasteiger partial charge is 0.393 e. The molecule has 0 unspecified atom stereocenters. The van der Waals surface area contributed by atoms with E-state index in [1.807, 2.05) is 6.07 Å². The van der Waals surface area contributed by atoms with Gasteiger partial charge in [0.1, 0.15) is 5.69 Å². The zero-order valence-electron chi connectivity index (χ0n) is 12.3. The molecule has 1 heterocycles. The van der Waals surface area contributed by atoms with E-state index in [0.717, 1.165) is 24.6 Å². The van der Waals surface area contributed by atoms with Gasteiger partial charge in [-0.2, -0.15) is 0 Å². The third-order valence-corrected chi connectivity index (χ3v) is 5.10. The molecule has 1 aliphatic heterocycles. The monoisotopic (exact) mass is 289 g/mol. The Morgan fingerprint density at radius 3 is 2.81 bits per heavy atom. The van der Waals surface area contributed by atoms with Crippen LogP contribution in [-0.4, -0.2) is 22.4 Å². The number of nitro groups is 1. The van der Waals surface area contributed by atoms with Gasteiger partial charge in [0.2, 0.25) is 0 Å². The number of hydrogen-bond acceptors (Lipinski definition) is 4. The molecule has 5 nitrogen and oxygen atoms in total. The van der Waals surface area contributed by atoms with Crippen LogP contribution >= 0.6 is 0 Å². The highest BCUT2D eigenvalue weighted by molar-refractivity contribution is 5.62. The highest BCUT2D eigenvalue weighted by Gasteiger charge is 2.33.